The molecule has 0 bridgehead atoms. The lowest BCUT2D eigenvalue weighted by atomic mass is 9.99. The number of hydrogen-bond acceptors (Lipinski definition) is 5. The van der Waals surface area contributed by atoms with Gasteiger partial charge in [-0.1, -0.05) is 30.8 Å². The van der Waals surface area contributed by atoms with Gasteiger partial charge in [0.05, 0.1) is 16.2 Å². The molecule has 0 radical (unpaired) electrons. The molecule has 0 saturated carbocycles. The van der Waals surface area contributed by atoms with E-state index in [1.807, 2.05) is 34.4 Å². The molecule has 7 nitrogen and oxygen atoms in total. The van der Waals surface area contributed by atoms with Crippen molar-refractivity contribution in [3.8, 4) is 0 Å². The summed E-state index contributed by atoms with van der Waals surface area (Å²) in [4.78, 5) is 27.3. The molecule has 1 amide bonds. The fraction of sp³-hybridized carbons (Fsp3) is 0.474. The summed E-state index contributed by atoms with van der Waals surface area (Å²) >= 11 is 1.39. The molecule has 1 saturated heterocycles. The number of carbonyl (C=O) groups is 1. The van der Waals surface area contributed by atoms with E-state index in [-0.39, 0.29) is 16.7 Å². The van der Waals surface area contributed by atoms with Crippen molar-refractivity contribution in [3.05, 3.63) is 34.6 Å². The zero-order valence-electron chi connectivity index (χ0n) is 15.8. The summed E-state index contributed by atoms with van der Waals surface area (Å²) in [5.74, 6) is 1.30. The Bertz CT molecular complexity index is 1070. The Kier molecular flexibility index (Phi) is 4.67. The number of rotatable bonds is 3. The number of hydrogen-bond donors (Lipinski definition) is 0. The van der Waals surface area contributed by atoms with Gasteiger partial charge in [-0.25, -0.2) is 0 Å². The summed E-state index contributed by atoms with van der Waals surface area (Å²) in [6.07, 6.45) is 2.12. The van der Waals surface area contributed by atoms with Crippen molar-refractivity contribution in [2.75, 3.05) is 13.1 Å². The van der Waals surface area contributed by atoms with E-state index in [1.54, 1.807) is 13.1 Å². The predicted molar refractivity (Wildman–Crippen MR) is 106 cm³/mol. The standard InChI is InChI=1S/C19H23N5O2S/c1-12-8-10-23(11-9-12)16(25)13(2)27-19-21-20-18-22(3)17(26)14-6-4-5-7-15(14)24(18)19/h4-7,12-13H,8-11H2,1-3H3. The molecule has 3 aromatic rings. The maximum Gasteiger partial charge on any atom is 0.262 e. The Morgan fingerprint density at radius 2 is 1.93 bits per heavy atom. The Balaban J connectivity index is 1.68. The van der Waals surface area contributed by atoms with Crippen molar-refractivity contribution >= 4 is 34.3 Å². The number of thioether (sulfide) groups is 1. The minimum atomic E-state index is -0.262. The summed E-state index contributed by atoms with van der Waals surface area (Å²) in [6, 6.07) is 7.42. The molecule has 0 spiro atoms. The lowest BCUT2D eigenvalue weighted by molar-refractivity contribution is -0.131. The van der Waals surface area contributed by atoms with E-state index in [4.69, 9.17) is 0 Å². The van der Waals surface area contributed by atoms with E-state index >= 15 is 0 Å². The number of nitrogens with zero attached hydrogens (tertiary/aromatic N) is 5. The SMILES string of the molecule is CC1CCN(C(=O)C(C)Sc2nnc3n(C)c(=O)c4ccccc4n23)CC1. The van der Waals surface area contributed by atoms with E-state index in [0.717, 1.165) is 31.4 Å². The van der Waals surface area contributed by atoms with E-state index in [9.17, 15) is 9.59 Å². The van der Waals surface area contributed by atoms with Crippen LogP contribution < -0.4 is 5.56 Å². The van der Waals surface area contributed by atoms with Crippen molar-refractivity contribution in [1.29, 1.82) is 0 Å². The number of aromatic nitrogens is 4. The van der Waals surface area contributed by atoms with E-state index < -0.39 is 0 Å². The van der Waals surface area contributed by atoms with Crippen molar-refractivity contribution < 1.29 is 4.79 Å². The Labute approximate surface area is 161 Å². The van der Waals surface area contributed by atoms with Crippen LogP contribution in [0.2, 0.25) is 0 Å². The van der Waals surface area contributed by atoms with Crippen LogP contribution in [0.3, 0.4) is 0 Å². The maximum absolute atomic E-state index is 12.8. The van der Waals surface area contributed by atoms with E-state index in [1.165, 1.54) is 16.3 Å². The van der Waals surface area contributed by atoms with Gasteiger partial charge in [0, 0.05) is 20.1 Å². The Morgan fingerprint density at radius 1 is 1.22 bits per heavy atom. The number of likely N-dealkylation sites (tertiary alicyclic amines) is 1. The molecular weight excluding hydrogens is 362 g/mol. The quantitative estimate of drug-likeness (QED) is 0.647. The monoisotopic (exact) mass is 385 g/mol. The second-order valence-corrected chi connectivity index (χ2v) is 8.58. The van der Waals surface area contributed by atoms with Gasteiger partial charge in [-0.3, -0.25) is 18.6 Å². The van der Waals surface area contributed by atoms with Gasteiger partial charge in [-0.2, -0.15) is 0 Å². The van der Waals surface area contributed by atoms with Gasteiger partial charge in [-0.05, 0) is 37.8 Å². The molecule has 142 valence electrons. The van der Waals surface area contributed by atoms with Crippen molar-refractivity contribution in [3.63, 3.8) is 0 Å². The van der Waals surface area contributed by atoms with Crippen LogP contribution >= 0.6 is 11.8 Å². The van der Waals surface area contributed by atoms with Gasteiger partial charge in [0.25, 0.3) is 5.56 Å². The molecule has 1 unspecified atom stereocenters. The Hall–Kier alpha value is -2.35. The zero-order valence-corrected chi connectivity index (χ0v) is 16.6. The van der Waals surface area contributed by atoms with E-state index in [2.05, 4.69) is 17.1 Å². The summed E-state index contributed by atoms with van der Waals surface area (Å²) < 4.78 is 3.36. The lowest BCUT2D eigenvalue weighted by Crippen LogP contribution is -2.41. The van der Waals surface area contributed by atoms with Crippen LogP contribution in [0.25, 0.3) is 16.7 Å². The number of benzene rings is 1. The highest BCUT2D eigenvalue weighted by Crippen LogP contribution is 2.27. The maximum atomic E-state index is 12.8. The molecule has 1 aromatic carbocycles. The summed E-state index contributed by atoms with van der Waals surface area (Å²) in [5.41, 5.74) is 0.656. The molecule has 0 aliphatic carbocycles. The van der Waals surface area contributed by atoms with Gasteiger partial charge in [0.1, 0.15) is 0 Å². The molecule has 0 N–H and O–H groups in total. The first kappa shape index (κ1) is 18.0. The smallest absolute Gasteiger partial charge is 0.262 e. The number of carbonyl (C=O) groups excluding carboxylic acids is 1. The summed E-state index contributed by atoms with van der Waals surface area (Å²) in [7, 11) is 1.69. The molecule has 2 aromatic heterocycles. The fourth-order valence-electron chi connectivity index (χ4n) is 3.58. The largest absolute Gasteiger partial charge is 0.342 e. The van der Waals surface area contributed by atoms with E-state index in [0.29, 0.717) is 22.2 Å². The average Bonchev–Trinajstić information content (AvgIpc) is 3.10. The highest BCUT2D eigenvalue weighted by molar-refractivity contribution is 8.00. The predicted octanol–water partition coefficient (Wildman–Crippen LogP) is 2.32. The van der Waals surface area contributed by atoms with Gasteiger partial charge in [-0.15, -0.1) is 10.2 Å². The average molecular weight is 385 g/mol. The van der Waals surface area contributed by atoms with Crippen LogP contribution in [-0.2, 0) is 11.8 Å². The van der Waals surface area contributed by atoms with Gasteiger partial charge in [0.15, 0.2) is 5.16 Å². The fourth-order valence-corrected chi connectivity index (χ4v) is 4.52. The third-order valence-corrected chi connectivity index (χ3v) is 6.35. The van der Waals surface area contributed by atoms with Gasteiger partial charge < -0.3 is 4.90 Å². The topological polar surface area (TPSA) is 72.5 Å². The van der Waals surface area contributed by atoms with Crippen molar-refractivity contribution in [1.82, 2.24) is 24.1 Å². The lowest BCUT2D eigenvalue weighted by Gasteiger charge is -2.31. The van der Waals surface area contributed by atoms with Crippen LogP contribution in [0.1, 0.15) is 26.7 Å². The first-order valence-corrected chi connectivity index (χ1v) is 10.1. The molecule has 1 atom stereocenters. The minimum absolute atomic E-state index is 0.103. The zero-order chi connectivity index (χ0) is 19.1. The number of amides is 1. The third kappa shape index (κ3) is 3.12. The van der Waals surface area contributed by atoms with Crippen molar-refractivity contribution in [2.45, 2.75) is 37.1 Å². The van der Waals surface area contributed by atoms with Crippen LogP contribution in [0.15, 0.2) is 34.2 Å². The summed E-state index contributed by atoms with van der Waals surface area (Å²) in [5, 5.41) is 9.44. The normalized spacial score (nSPS) is 16.9. The number of aryl methyl sites for hydroxylation is 1. The highest BCUT2D eigenvalue weighted by Gasteiger charge is 2.27. The molecule has 3 heterocycles. The Morgan fingerprint density at radius 3 is 2.67 bits per heavy atom. The molecule has 4 rings (SSSR count). The molecule has 1 fully saturated rings. The first-order chi connectivity index (χ1) is 13.0. The number of fused-ring (bicyclic) bond motifs is 3. The minimum Gasteiger partial charge on any atom is -0.342 e. The highest BCUT2D eigenvalue weighted by atomic mass is 32.2. The molecule has 8 heteroatoms. The van der Waals surface area contributed by atoms with Gasteiger partial charge in [0.2, 0.25) is 11.7 Å². The van der Waals surface area contributed by atoms with Crippen LogP contribution in [-0.4, -0.2) is 48.3 Å². The number of para-hydroxylation sites is 1. The molecule has 27 heavy (non-hydrogen) atoms. The first-order valence-electron chi connectivity index (χ1n) is 9.25. The van der Waals surface area contributed by atoms with Crippen LogP contribution in [0, 0.1) is 5.92 Å². The molecule has 1 aliphatic heterocycles. The second-order valence-electron chi connectivity index (χ2n) is 7.27. The van der Waals surface area contributed by atoms with Crippen molar-refractivity contribution in [2.24, 2.45) is 13.0 Å². The molecule has 1 aliphatic rings. The van der Waals surface area contributed by atoms with Crippen LogP contribution in [0.4, 0.5) is 0 Å². The summed E-state index contributed by atoms with van der Waals surface area (Å²) in [6.45, 7) is 5.79. The number of piperidine rings is 1. The second kappa shape index (κ2) is 6.99. The molecular formula is C19H23N5O2S. The third-order valence-electron chi connectivity index (χ3n) is 5.32. The van der Waals surface area contributed by atoms with Crippen LogP contribution in [0.5, 0.6) is 0 Å². The van der Waals surface area contributed by atoms with Gasteiger partial charge >= 0.3 is 0 Å².